The molecule has 0 unspecified atom stereocenters. The van der Waals surface area contributed by atoms with Crippen molar-refractivity contribution >= 4 is 17.5 Å². The third-order valence-electron chi connectivity index (χ3n) is 3.16. The van der Waals surface area contributed by atoms with E-state index in [0.29, 0.717) is 31.7 Å². The number of hydrazone groups is 1. The average Bonchev–Trinajstić information content (AvgIpc) is 2.48. The van der Waals surface area contributed by atoms with Crippen LogP contribution in [0.4, 0.5) is 0 Å². The topological polar surface area (TPSA) is 79.8 Å². The number of nitrogens with zero attached hydrogens (tertiary/aromatic N) is 1. The van der Waals surface area contributed by atoms with Gasteiger partial charge in [0, 0.05) is 19.4 Å². The zero-order valence-electron chi connectivity index (χ0n) is 12.2. The highest BCUT2D eigenvalue weighted by atomic mass is 16.5. The Morgan fingerprint density at radius 2 is 2.24 bits per heavy atom. The zero-order chi connectivity index (χ0) is 15.2. The van der Waals surface area contributed by atoms with Crippen LogP contribution < -0.4 is 15.5 Å². The van der Waals surface area contributed by atoms with Crippen LogP contribution in [0.25, 0.3) is 0 Å². The number of benzene rings is 1. The first-order valence-electron chi connectivity index (χ1n) is 6.96. The molecule has 1 aliphatic heterocycles. The predicted octanol–water partition coefficient (Wildman–Crippen LogP) is 1.28. The molecule has 0 radical (unpaired) electrons. The number of ether oxygens (including phenoxy) is 1. The van der Waals surface area contributed by atoms with Gasteiger partial charge in [-0.3, -0.25) is 9.59 Å². The largest absolute Gasteiger partial charge is 0.494 e. The van der Waals surface area contributed by atoms with E-state index in [1.807, 2.05) is 32.0 Å². The van der Waals surface area contributed by atoms with Gasteiger partial charge in [-0.25, -0.2) is 5.43 Å². The minimum atomic E-state index is -0.249. The zero-order valence-corrected chi connectivity index (χ0v) is 12.2. The molecule has 0 spiro atoms. The van der Waals surface area contributed by atoms with Gasteiger partial charge in [-0.05, 0) is 31.0 Å². The minimum Gasteiger partial charge on any atom is -0.494 e. The Hall–Kier alpha value is -2.37. The van der Waals surface area contributed by atoms with E-state index in [4.69, 9.17) is 4.74 Å². The number of amides is 2. The molecule has 0 aliphatic carbocycles. The summed E-state index contributed by atoms with van der Waals surface area (Å²) in [6, 6.07) is 5.80. The van der Waals surface area contributed by atoms with Crippen molar-refractivity contribution in [3.63, 3.8) is 0 Å². The molecule has 6 heteroatoms. The monoisotopic (exact) mass is 289 g/mol. The van der Waals surface area contributed by atoms with Crippen LogP contribution in [-0.4, -0.2) is 24.1 Å². The van der Waals surface area contributed by atoms with E-state index in [-0.39, 0.29) is 11.8 Å². The summed E-state index contributed by atoms with van der Waals surface area (Å²) in [7, 11) is 0. The van der Waals surface area contributed by atoms with Crippen molar-refractivity contribution in [3.8, 4) is 5.75 Å². The van der Waals surface area contributed by atoms with E-state index in [1.165, 1.54) is 0 Å². The molecule has 1 aliphatic rings. The summed E-state index contributed by atoms with van der Waals surface area (Å²) in [5, 5.41) is 6.56. The molecule has 2 rings (SSSR count). The number of hydrogen-bond donors (Lipinski definition) is 2. The van der Waals surface area contributed by atoms with Crippen molar-refractivity contribution in [2.45, 2.75) is 33.2 Å². The first kappa shape index (κ1) is 15.0. The first-order valence-corrected chi connectivity index (χ1v) is 6.96. The van der Waals surface area contributed by atoms with Crippen molar-refractivity contribution in [2.75, 3.05) is 6.61 Å². The Bertz CT molecular complexity index is 582. The Kier molecular flexibility index (Phi) is 4.92. The average molecular weight is 289 g/mol. The highest BCUT2D eigenvalue weighted by Crippen LogP contribution is 2.19. The van der Waals surface area contributed by atoms with Crippen LogP contribution in [0.2, 0.25) is 0 Å². The van der Waals surface area contributed by atoms with E-state index in [2.05, 4.69) is 15.8 Å². The van der Waals surface area contributed by atoms with Crippen LogP contribution in [0.1, 0.15) is 30.9 Å². The van der Waals surface area contributed by atoms with Gasteiger partial charge in [-0.15, -0.1) is 0 Å². The fraction of sp³-hybridized carbons (Fsp3) is 0.400. The number of hydrogen-bond acceptors (Lipinski definition) is 4. The van der Waals surface area contributed by atoms with Crippen molar-refractivity contribution in [3.05, 3.63) is 29.3 Å². The fourth-order valence-electron chi connectivity index (χ4n) is 2.06. The highest BCUT2D eigenvalue weighted by Gasteiger charge is 2.17. The van der Waals surface area contributed by atoms with Crippen molar-refractivity contribution < 1.29 is 14.3 Å². The molecule has 1 aromatic rings. The van der Waals surface area contributed by atoms with Crippen LogP contribution >= 0.6 is 0 Å². The van der Waals surface area contributed by atoms with Gasteiger partial charge in [0.2, 0.25) is 5.91 Å². The number of nitrogens with one attached hydrogen (secondary N) is 2. The van der Waals surface area contributed by atoms with Crippen molar-refractivity contribution in [1.29, 1.82) is 0 Å². The maximum absolute atomic E-state index is 11.9. The first-order chi connectivity index (χ1) is 10.1. The Morgan fingerprint density at radius 1 is 1.43 bits per heavy atom. The van der Waals surface area contributed by atoms with Crippen LogP contribution in [0.3, 0.4) is 0 Å². The maximum atomic E-state index is 11.9. The Balaban J connectivity index is 1.92. The molecular formula is C15H19N3O3. The van der Waals surface area contributed by atoms with Gasteiger partial charge in [0.15, 0.2) is 0 Å². The number of aryl methyl sites for hydroxylation is 1. The molecular weight excluding hydrogens is 270 g/mol. The number of carbonyl (C=O) groups is 2. The highest BCUT2D eigenvalue weighted by molar-refractivity contribution is 6.39. The van der Waals surface area contributed by atoms with E-state index in [1.54, 1.807) is 0 Å². The molecule has 21 heavy (non-hydrogen) atoms. The van der Waals surface area contributed by atoms with Gasteiger partial charge in [0.25, 0.3) is 5.91 Å². The number of rotatable bonds is 5. The summed E-state index contributed by atoms with van der Waals surface area (Å²) in [6.07, 6.45) is 0.675. The van der Waals surface area contributed by atoms with Gasteiger partial charge < -0.3 is 10.1 Å². The Labute approximate surface area is 123 Å². The van der Waals surface area contributed by atoms with Gasteiger partial charge in [0.1, 0.15) is 11.5 Å². The van der Waals surface area contributed by atoms with E-state index < -0.39 is 0 Å². The van der Waals surface area contributed by atoms with Crippen molar-refractivity contribution in [1.82, 2.24) is 10.7 Å². The Morgan fingerprint density at radius 3 is 2.86 bits per heavy atom. The summed E-state index contributed by atoms with van der Waals surface area (Å²) in [5.41, 5.74) is 4.70. The molecule has 6 nitrogen and oxygen atoms in total. The molecule has 0 bridgehead atoms. The summed E-state index contributed by atoms with van der Waals surface area (Å²) < 4.78 is 5.48. The molecule has 2 amide bonds. The lowest BCUT2D eigenvalue weighted by atomic mass is 10.1. The van der Waals surface area contributed by atoms with Gasteiger partial charge >= 0.3 is 0 Å². The second kappa shape index (κ2) is 6.88. The molecule has 112 valence electrons. The van der Waals surface area contributed by atoms with Crippen LogP contribution in [0.5, 0.6) is 5.75 Å². The summed E-state index contributed by atoms with van der Waals surface area (Å²) in [5.74, 6) is 0.446. The normalized spacial score (nSPS) is 14.2. The van der Waals surface area contributed by atoms with E-state index in [9.17, 15) is 9.59 Å². The summed E-state index contributed by atoms with van der Waals surface area (Å²) in [4.78, 5) is 22.9. The van der Waals surface area contributed by atoms with E-state index >= 15 is 0 Å². The predicted molar refractivity (Wildman–Crippen MR) is 79.0 cm³/mol. The molecule has 1 heterocycles. The van der Waals surface area contributed by atoms with Gasteiger partial charge in [0.05, 0.1) is 6.61 Å². The summed E-state index contributed by atoms with van der Waals surface area (Å²) >= 11 is 0. The lowest BCUT2D eigenvalue weighted by Crippen LogP contribution is -2.36. The molecule has 0 atom stereocenters. The summed E-state index contributed by atoms with van der Waals surface area (Å²) in [6.45, 7) is 4.95. The molecule has 0 saturated carbocycles. The third-order valence-corrected chi connectivity index (χ3v) is 3.16. The smallest absolute Gasteiger partial charge is 0.267 e. The molecule has 1 aromatic carbocycles. The maximum Gasteiger partial charge on any atom is 0.267 e. The second-order valence-corrected chi connectivity index (χ2v) is 4.81. The standard InChI is InChI=1S/C15H19N3O3/c1-3-21-13-6-4-11(8-10(13)2)9-16-15(20)12-5-7-14(19)18-17-12/h4,6,8H,3,5,7,9H2,1-2H3,(H,16,20)(H,18,19). The van der Waals surface area contributed by atoms with Gasteiger partial charge in [-0.2, -0.15) is 5.10 Å². The fourth-order valence-corrected chi connectivity index (χ4v) is 2.06. The number of carbonyl (C=O) groups excluding carboxylic acids is 2. The quantitative estimate of drug-likeness (QED) is 0.857. The third kappa shape index (κ3) is 4.05. The van der Waals surface area contributed by atoms with Crippen LogP contribution in [0.15, 0.2) is 23.3 Å². The van der Waals surface area contributed by atoms with Crippen LogP contribution in [0, 0.1) is 6.92 Å². The SMILES string of the molecule is CCOc1ccc(CNC(=O)C2=NNC(=O)CC2)cc1C. The van der Waals surface area contributed by atoms with E-state index in [0.717, 1.165) is 16.9 Å². The molecule has 0 aromatic heterocycles. The lowest BCUT2D eigenvalue weighted by Gasteiger charge is -2.13. The second-order valence-electron chi connectivity index (χ2n) is 4.81. The van der Waals surface area contributed by atoms with Crippen LogP contribution in [-0.2, 0) is 16.1 Å². The molecule has 0 fully saturated rings. The molecule has 0 saturated heterocycles. The van der Waals surface area contributed by atoms with Gasteiger partial charge in [-0.1, -0.05) is 12.1 Å². The minimum absolute atomic E-state index is 0.159. The lowest BCUT2D eigenvalue weighted by molar-refractivity contribution is -0.121. The molecule has 2 N–H and O–H groups in total. The van der Waals surface area contributed by atoms with Crippen molar-refractivity contribution in [2.24, 2.45) is 5.10 Å².